The molecule has 2 aromatic carbocycles. The molecule has 3 aliphatic heterocycles. The van der Waals surface area contributed by atoms with Crippen LogP contribution in [0.15, 0.2) is 73.8 Å². The van der Waals surface area contributed by atoms with Crippen molar-refractivity contribution in [1.82, 2.24) is 4.90 Å². The normalized spacial score (nSPS) is 26.8. The molecule has 3 amide bonds. The Kier molecular flexibility index (Phi) is 9.49. The molecule has 0 saturated carbocycles. The SMILES string of the molecule is C=CCN(C(=O)C1N(CCCO)C(=O)[C@@H]2[C@@H](C(=O)N(CC=C)c3ccc(OCC)cc3)[C@@]3(C)CCC12S3)c1ccc(Cl)cc1. The Morgan fingerprint density at radius 3 is 2.20 bits per heavy atom. The Hall–Kier alpha value is -3.27. The van der Waals surface area contributed by atoms with Crippen molar-refractivity contribution in [2.24, 2.45) is 11.8 Å². The van der Waals surface area contributed by atoms with E-state index in [4.69, 9.17) is 16.3 Å². The van der Waals surface area contributed by atoms with Crippen LogP contribution >= 0.6 is 23.4 Å². The molecular weight excluding hydrogens is 598 g/mol. The minimum atomic E-state index is -0.801. The number of aliphatic hydroxyl groups excluding tert-OH is 1. The van der Waals surface area contributed by atoms with E-state index in [0.29, 0.717) is 48.0 Å². The molecule has 2 unspecified atom stereocenters. The van der Waals surface area contributed by atoms with Crippen LogP contribution in [0.1, 0.15) is 33.1 Å². The van der Waals surface area contributed by atoms with E-state index < -0.39 is 27.4 Å². The van der Waals surface area contributed by atoms with Gasteiger partial charge in [0.15, 0.2) is 0 Å². The lowest BCUT2D eigenvalue weighted by molar-refractivity contribution is -0.139. The number of fused-ring (bicyclic) bond motifs is 1. The smallest absolute Gasteiger partial charge is 0.251 e. The van der Waals surface area contributed by atoms with Gasteiger partial charge >= 0.3 is 0 Å². The summed E-state index contributed by atoms with van der Waals surface area (Å²) in [6.45, 7) is 12.9. The number of benzene rings is 2. The molecule has 5 atom stereocenters. The molecule has 3 heterocycles. The molecule has 1 N–H and O–H groups in total. The Morgan fingerprint density at radius 1 is 1.05 bits per heavy atom. The molecule has 2 aromatic rings. The van der Waals surface area contributed by atoms with Gasteiger partial charge < -0.3 is 24.5 Å². The summed E-state index contributed by atoms with van der Waals surface area (Å²) in [6.07, 6.45) is 5.00. The maximum atomic E-state index is 14.6. The number of rotatable bonds is 13. The quantitative estimate of drug-likeness (QED) is 0.298. The van der Waals surface area contributed by atoms with Crippen LogP contribution in [0.5, 0.6) is 5.75 Å². The molecule has 0 radical (unpaired) electrons. The van der Waals surface area contributed by atoms with Crippen LogP contribution in [-0.2, 0) is 14.4 Å². The van der Waals surface area contributed by atoms with Crippen LogP contribution in [0.3, 0.4) is 0 Å². The average Bonchev–Trinajstić information content (AvgIpc) is 3.58. The van der Waals surface area contributed by atoms with E-state index in [1.807, 2.05) is 31.2 Å². The van der Waals surface area contributed by atoms with Gasteiger partial charge in [0.2, 0.25) is 11.8 Å². The number of hydrogen-bond acceptors (Lipinski definition) is 6. The molecule has 1 spiro atoms. The lowest BCUT2D eigenvalue weighted by atomic mass is 9.66. The van der Waals surface area contributed by atoms with Crippen molar-refractivity contribution < 1.29 is 24.2 Å². The van der Waals surface area contributed by atoms with Gasteiger partial charge in [-0.1, -0.05) is 23.8 Å². The first-order valence-electron chi connectivity index (χ1n) is 15.1. The number of amides is 3. The summed E-state index contributed by atoms with van der Waals surface area (Å²) in [4.78, 5) is 48.7. The minimum absolute atomic E-state index is 0.117. The molecule has 44 heavy (non-hydrogen) atoms. The molecule has 0 aliphatic carbocycles. The summed E-state index contributed by atoms with van der Waals surface area (Å²) in [7, 11) is 0. The molecule has 3 fully saturated rings. The predicted molar refractivity (Wildman–Crippen MR) is 176 cm³/mol. The molecule has 234 valence electrons. The van der Waals surface area contributed by atoms with Crippen molar-refractivity contribution in [1.29, 1.82) is 0 Å². The summed E-state index contributed by atoms with van der Waals surface area (Å²) in [5, 5.41) is 10.3. The Balaban J connectivity index is 1.55. The number of carbonyl (C=O) groups excluding carboxylic acids is 3. The second-order valence-electron chi connectivity index (χ2n) is 11.7. The first-order chi connectivity index (χ1) is 21.2. The maximum absolute atomic E-state index is 14.6. The highest BCUT2D eigenvalue weighted by Crippen LogP contribution is 2.71. The molecule has 10 heteroatoms. The lowest BCUT2D eigenvalue weighted by Crippen LogP contribution is -2.55. The molecule has 3 aliphatic rings. The summed E-state index contributed by atoms with van der Waals surface area (Å²) in [5.41, 5.74) is 1.34. The highest BCUT2D eigenvalue weighted by Gasteiger charge is 2.77. The van der Waals surface area contributed by atoms with Crippen molar-refractivity contribution in [3.8, 4) is 5.75 Å². The van der Waals surface area contributed by atoms with Crippen molar-refractivity contribution in [3.05, 3.63) is 78.9 Å². The fourth-order valence-electron chi connectivity index (χ4n) is 7.29. The fraction of sp³-hybridized carbons (Fsp3) is 0.441. The molecule has 3 saturated heterocycles. The van der Waals surface area contributed by atoms with Gasteiger partial charge in [-0.2, -0.15) is 0 Å². The number of likely N-dealkylation sites (tertiary alicyclic amines) is 1. The molecule has 2 bridgehead atoms. The highest BCUT2D eigenvalue weighted by atomic mass is 35.5. The van der Waals surface area contributed by atoms with Crippen LogP contribution in [0.4, 0.5) is 11.4 Å². The van der Waals surface area contributed by atoms with E-state index in [1.165, 1.54) is 0 Å². The number of aliphatic hydroxyl groups is 1. The van der Waals surface area contributed by atoms with Gasteiger partial charge in [-0.15, -0.1) is 24.9 Å². The topological polar surface area (TPSA) is 90.4 Å². The van der Waals surface area contributed by atoms with E-state index in [9.17, 15) is 19.5 Å². The van der Waals surface area contributed by atoms with Gasteiger partial charge in [-0.3, -0.25) is 14.4 Å². The van der Waals surface area contributed by atoms with Crippen LogP contribution in [0.25, 0.3) is 0 Å². The van der Waals surface area contributed by atoms with Crippen molar-refractivity contribution in [2.45, 2.75) is 48.6 Å². The number of nitrogens with zero attached hydrogens (tertiary/aromatic N) is 3. The number of thioether (sulfide) groups is 1. The third-order valence-electron chi connectivity index (χ3n) is 9.09. The highest BCUT2D eigenvalue weighted by molar-refractivity contribution is 8.02. The zero-order chi connectivity index (χ0) is 31.6. The van der Waals surface area contributed by atoms with Crippen molar-refractivity contribution in [3.63, 3.8) is 0 Å². The maximum Gasteiger partial charge on any atom is 0.251 e. The van der Waals surface area contributed by atoms with E-state index in [-0.39, 0.29) is 44.0 Å². The molecule has 5 rings (SSSR count). The first-order valence-corrected chi connectivity index (χ1v) is 16.3. The van der Waals surface area contributed by atoms with Crippen LogP contribution in [0.2, 0.25) is 5.02 Å². The second-order valence-corrected chi connectivity index (χ2v) is 14.0. The lowest BCUT2D eigenvalue weighted by Gasteiger charge is -2.38. The largest absolute Gasteiger partial charge is 0.494 e. The van der Waals surface area contributed by atoms with Gasteiger partial charge in [-0.05, 0) is 81.6 Å². The van der Waals surface area contributed by atoms with E-state index in [1.54, 1.807) is 62.9 Å². The Labute approximate surface area is 268 Å². The zero-order valence-corrected chi connectivity index (χ0v) is 26.9. The van der Waals surface area contributed by atoms with Crippen LogP contribution in [0, 0.1) is 11.8 Å². The number of halogens is 1. The van der Waals surface area contributed by atoms with Gasteiger partial charge in [0.25, 0.3) is 5.91 Å². The summed E-state index contributed by atoms with van der Waals surface area (Å²) in [6, 6.07) is 13.6. The third-order valence-corrected chi connectivity index (χ3v) is 11.3. The first kappa shape index (κ1) is 32.1. The number of carbonyl (C=O) groups is 3. The van der Waals surface area contributed by atoms with Crippen molar-refractivity contribution >= 4 is 52.5 Å². The van der Waals surface area contributed by atoms with Gasteiger partial charge in [0.05, 0.1) is 23.2 Å². The summed E-state index contributed by atoms with van der Waals surface area (Å²) >= 11 is 7.77. The second kappa shape index (κ2) is 13.0. The predicted octanol–water partition coefficient (Wildman–Crippen LogP) is 5.34. The monoisotopic (exact) mass is 637 g/mol. The Morgan fingerprint density at radius 2 is 1.64 bits per heavy atom. The standard InChI is InChI=1S/C34H40ClN3O5S/c1-5-19-36(25-13-15-26(16-14-25)43-7-3)30(40)27-28-31(41)38(21-8-22-39)29(34(28)18-17-33(27,4)44-34)32(42)37(20-6-2)24-11-9-23(35)10-12-24/h5-6,9-16,27-29,39H,1-2,7-8,17-22H2,3-4H3/t27-,28-,29?,33+,34?/m0/s1. The van der Waals surface area contributed by atoms with Crippen LogP contribution in [-0.4, -0.2) is 76.1 Å². The van der Waals surface area contributed by atoms with Gasteiger partial charge in [0, 0.05) is 47.4 Å². The fourth-order valence-corrected chi connectivity index (χ4v) is 9.76. The minimum Gasteiger partial charge on any atom is -0.494 e. The van der Waals surface area contributed by atoms with Crippen LogP contribution < -0.4 is 14.5 Å². The van der Waals surface area contributed by atoms with E-state index in [0.717, 1.165) is 0 Å². The van der Waals surface area contributed by atoms with Gasteiger partial charge in [0.1, 0.15) is 11.8 Å². The van der Waals surface area contributed by atoms with Gasteiger partial charge in [-0.25, -0.2) is 0 Å². The average molecular weight is 638 g/mol. The number of ether oxygens (including phenoxy) is 1. The molecule has 0 aromatic heterocycles. The zero-order valence-electron chi connectivity index (χ0n) is 25.3. The number of hydrogen-bond donors (Lipinski definition) is 1. The van der Waals surface area contributed by atoms with E-state index in [2.05, 4.69) is 20.1 Å². The number of anilines is 2. The summed E-state index contributed by atoms with van der Waals surface area (Å²) in [5.74, 6) is -1.19. The molecule has 8 nitrogen and oxygen atoms in total. The Bertz CT molecular complexity index is 1420. The van der Waals surface area contributed by atoms with Crippen molar-refractivity contribution in [2.75, 3.05) is 42.6 Å². The molecular formula is C34H40ClN3O5S. The third kappa shape index (κ3) is 5.43. The summed E-state index contributed by atoms with van der Waals surface area (Å²) < 4.78 is 4.27. The van der Waals surface area contributed by atoms with E-state index >= 15 is 0 Å².